The molecule has 5 N–H and O–H groups in total. The fourth-order valence-corrected chi connectivity index (χ4v) is 4.13. The van der Waals surface area contributed by atoms with E-state index < -0.39 is 0 Å². The lowest BCUT2D eigenvalue weighted by Gasteiger charge is -2.24. The van der Waals surface area contributed by atoms with E-state index in [1.165, 1.54) is 0 Å². The standard InChI is InChI=1S/C23H25N7/c24-18-9-6-16(7-10-18)20-14-30-23(28-20)19(12-21(25)29-30)27-22-11-8-17(13-26-22)15-4-2-1-3-5-15/h1-5,8,11-14,16,18H,6-7,9-10,24H2,(H2,25,29)(H,26,27)/t16-,18-. The van der Waals surface area contributed by atoms with Gasteiger partial charge >= 0.3 is 0 Å². The van der Waals surface area contributed by atoms with E-state index in [0.717, 1.165) is 59.7 Å². The number of fused-ring (bicyclic) bond motifs is 1. The summed E-state index contributed by atoms with van der Waals surface area (Å²) >= 11 is 0. The molecule has 0 saturated heterocycles. The van der Waals surface area contributed by atoms with Crippen LogP contribution >= 0.6 is 0 Å². The fourth-order valence-electron chi connectivity index (χ4n) is 4.13. The molecule has 0 atom stereocenters. The van der Waals surface area contributed by atoms with Crippen LogP contribution in [0.4, 0.5) is 17.3 Å². The smallest absolute Gasteiger partial charge is 0.177 e. The van der Waals surface area contributed by atoms with Gasteiger partial charge in [-0.05, 0) is 43.4 Å². The van der Waals surface area contributed by atoms with Gasteiger partial charge in [-0.25, -0.2) is 14.5 Å². The van der Waals surface area contributed by atoms with Crippen molar-refractivity contribution in [2.24, 2.45) is 5.73 Å². The first-order chi connectivity index (χ1) is 14.7. The van der Waals surface area contributed by atoms with Gasteiger partial charge in [-0.3, -0.25) is 0 Å². The molecule has 7 heteroatoms. The third kappa shape index (κ3) is 3.71. The Morgan fingerprint density at radius 3 is 2.50 bits per heavy atom. The van der Waals surface area contributed by atoms with Crippen molar-refractivity contribution < 1.29 is 0 Å². The molecule has 1 aliphatic rings. The van der Waals surface area contributed by atoms with Gasteiger partial charge in [0.15, 0.2) is 5.65 Å². The minimum Gasteiger partial charge on any atom is -0.382 e. The maximum atomic E-state index is 6.06. The van der Waals surface area contributed by atoms with Crippen LogP contribution in [0.2, 0.25) is 0 Å². The van der Waals surface area contributed by atoms with Crippen molar-refractivity contribution in [1.29, 1.82) is 0 Å². The number of nitrogens with two attached hydrogens (primary N) is 2. The number of imidazole rings is 1. The largest absolute Gasteiger partial charge is 0.382 e. The van der Waals surface area contributed by atoms with Crippen LogP contribution in [0.25, 0.3) is 16.8 Å². The summed E-state index contributed by atoms with van der Waals surface area (Å²) in [5.41, 5.74) is 16.9. The van der Waals surface area contributed by atoms with E-state index in [4.69, 9.17) is 16.5 Å². The van der Waals surface area contributed by atoms with Crippen molar-refractivity contribution in [1.82, 2.24) is 19.6 Å². The lowest BCUT2D eigenvalue weighted by Crippen LogP contribution is -2.25. The monoisotopic (exact) mass is 399 g/mol. The van der Waals surface area contributed by atoms with Crippen LogP contribution in [0.1, 0.15) is 37.3 Å². The summed E-state index contributed by atoms with van der Waals surface area (Å²) in [6.07, 6.45) is 8.05. The molecule has 1 fully saturated rings. The molecule has 0 aliphatic heterocycles. The number of anilines is 3. The highest BCUT2D eigenvalue weighted by atomic mass is 15.3. The summed E-state index contributed by atoms with van der Waals surface area (Å²) in [6, 6.07) is 16.3. The molecule has 1 saturated carbocycles. The van der Waals surface area contributed by atoms with Gasteiger partial charge in [0.25, 0.3) is 0 Å². The summed E-state index contributed by atoms with van der Waals surface area (Å²) in [6.45, 7) is 0. The zero-order valence-corrected chi connectivity index (χ0v) is 16.7. The Kier molecular flexibility index (Phi) is 4.80. The molecule has 3 aromatic heterocycles. The van der Waals surface area contributed by atoms with E-state index in [0.29, 0.717) is 17.8 Å². The number of rotatable bonds is 4. The van der Waals surface area contributed by atoms with Gasteiger partial charge in [-0.15, -0.1) is 5.10 Å². The van der Waals surface area contributed by atoms with Crippen LogP contribution in [-0.2, 0) is 0 Å². The second kappa shape index (κ2) is 7.76. The summed E-state index contributed by atoms with van der Waals surface area (Å²) in [5, 5.41) is 7.76. The summed E-state index contributed by atoms with van der Waals surface area (Å²) in [5.74, 6) is 1.58. The molecule has 0 amide bonds. The quantitative estimate of drug-likeness (QED) is 0.477. The maximum absolute atomic E-state index is 6.06. The summed E-state index contributed by atoms with van der Waals surface area (Å²) in [4.78, 5) is 9.45. The average Bonchev–Trinajstić information content (AvgIpc) is 3.19. The SMILES string of the molecule is Nc1cc(Nc2ccc(-c3ccccc3)cn2)c2nc([C@H]3CC[C@H](N)CC3)cn2n1. The summed E-state index contributed by atoms with van der Waals surface area (Å²) < 4.78 is 1.76. The van der Waals surface area contributed by atoms with Crippen molar-refractivity contribution in [2.45, 2.75) is 37.6 Å². The lowest BCUT2D eigenvalue weighted by atomic mass is 9.85. The van der Waals surface area contributed by atoms with E-state index >= 15 is 0 Å². The first kappa shape index (κ1) is 18.6. The van der Waals surface area contributed by atoms with Crippen molar-refractivity contribution in [3.63, 3.8) is 0 Å². The average molecular weight is 400 g/mol. The molecule has 0 bridgehead atoms. The van der Waals surface area contributed by atoms with Crippen LogP contribution in [0.15, 0.2) is 60.9 Å². The molecule has 0 radical (unpaired) electrons. The topological polar surface area (TPSA) is 107 Å². The Hall–Kier alpha value is -3.45. The van der Waals surface area contributed by atoms with Crippen LogP contribution < -0.4 is 16.8 Å². The number of nitrogens with zero attached hydrogens (tertiary/aromatic N) is 4. The van der Waals surface area contributed by atoms with Gasteiger partial charge in [0.05, 0.1) is 17.6 Å². The number of aromatic nitrogens is 4. The highest BCUT2D eigenvalue weighted by Gasteiger charge is 2.23. The highest BCUT2D eigenvalue weighted by Crippen LogP contribution is 2.33. The van der Waals surface area contributed by atoms with Crippen LogP contribution in [0, 0.1) is 0 Å². The molecule has 3 heterocycles. The first-order valence-corrected chi connectivity index (χ1v) is 10.4. The Balaban J connectivity index is 1.42. The van der Waals surface area contributed by atoms with Crippen molar-refractivity contribution in [3.05, 3.63) is 66.6 Å². The van der Waals surface area contributed by atoms with Gasteiger partial charge in [-0.2, -0.15) is 0 Å². The fraction of sp³-hybridized carbons (Fsp3) is 0.261. The third-order valence-electron chi connectivity index (χ3n) is 5.79. The summed E-state index contributed by atoms with van der Waals surface area (Å²) in [7, 11) is 0. The van der Waals surface area contributed by atoms with Gasteiger partial charge < -0.3 is 16.8 Å². The van der Waals surface area contributed by atoms with Gasteiger partial charge in [-0.1, -0.05) is 30.3 Å². The van der Waals surface area contributed by atoms with Crippen molar-refractivity contribution in [2.75, 3.05) is 11.1 Å². The Morgan fingerprint density at radius 2 is 1.77 bits per heavy atom. The normalized spacial score (nSPS) is 19.1. The molecule has 4 aromatic rings. The van der Waals surface area contributed by atoms with E-state index in [1.807, 2.05) is 36.7 Å². The molecule has 0 spiro atoms. The Bertz CT molecular complexity index is 1140. The predicted molar refractivity (Wildman–Crippen MR) is 120 cm³/mol. The van der Waals surface area contributed by atoms with Crippen molar-refractivity contribution >= 4 is 23.0 Å². The van der Waals surface area contributed by atoms with Gasteiger partial charge in [0.2, 0.25) is 0 Å². The van der Waals surface area contributed by atoms with E-state index in [2.05, 4.69) is 33.6 Å². The number of hydrogen-bond acceptors (Lipinski definition) is 6. The molecular weight excluding hydrogens is 374 g/mol. The molecule has 7 nitrogen and oxygen atoms in total. The Morgan fingerprint density at radius 1 is 0.967 bits per heavy atom. The minimum absolute atomic E-state index is 0.314. The van der Waals surface area contributed by atoms with Crippen molar-refractivity contribution in [3.8, 4) is 11.1 Å². The molecule has 5 rings (SSSR count). The van der Waals surface area contributed by atoms with Crippen LogP contribution in [-0.4, -0.2) is 25.6 Å². The number of hydrogen-bond donors (Lipinski definition) is 3. The van der Waals surface area contributed by atoms with Gasteiger partial charge in [0.1, 0.15) is 11.6 Å². The molecule has 0 unspecified atom stereocenters. The number of pyridine rings is 1. The molecule has 152 valence electrons. The second-order valence-corrected chi connectivity index (χ2v) is 7.95. The Labute approximate surface area is 175 Å². The highest BCUT2D eigenvalue weighted by molar-refractivity contribution is 5.75. The van der Waals surface area contributed by atoms with E-state index in [-0.39, 0.29) is 0 Å². The van der Waals surface area contributed by atoms with Crippen LogP contribution in [0.5, 0.6) is 0 Å². The molecule has 1 aromatic carbocycles. The number of nitrogen functional groups attached to an aromatic ring is 1. The van der Waals surface area contributed by atoms with E-state index in [1.54, 1.807) is 10.6 Å². The molecule has 30 heavy (non-hydrogen) atoms. The van der Waals surface area contributed by atoms with E-state index in [9.17, 15) is 0 Å². The predicted octanol–water partition coefficient (Wildman–Crippen LogP) is 4.10. The zero-order chi connectivity index (χ0) is 20.5. The molecule has 1 aliphatic carbocycles. The lowest BCUT2D eigenvalue weighted by molar-refractivity contribution is 0.391. The minimum atomic E-state index is 0.314. The zero-order valence-electron chi connectivity index (χ0n) is 16.7. The number of nitrogens with one attached hydrogen (secondary N) is 1. The molecular formula is C23H25N7. The second-order valence-electron chi connectivity index (χ2n) is 7.95. The van der Waals surface area contributed by atoms with Crippen LogP contribution in [0.3, 0.4) is 0 Å². The maximum Gasteiger partial charge on any atom is 0.177 e. The van der Waals surface area contributed by atoms with Gasteiger partial charge in [0, 0.05) is 29.8 Å². The third-order valence-corrected chi connectivity index (χ3v) is 5.79. The first-order valence-electron chi connectivity index (χ1n) is 10.4. The number of benzene rings is 1.